The molecule has 2 aromatic rings. The fourth-order valence-electron chi connectivity index (χ4n) is 5.46. The van der Waals surface area contributed by atoms with Crippen LogP contribution >= 0.6 is 0 Å². The molecule has 1 saturated heterocycles. The number of aliphatic hydroxyl groups excluding tert-OH is 1. The van der Waals surface area contributed by atoms with Crippen LogP contribution in [0.4, 0.5) is 0 Å². The van der Waals surface area contributed by atoms with Crippen molar-refractivity contribution in [3.8, 4) is 17.2 Å². The monoisotopic (exact) mass is 523 g/mol. The first-order chi connectivity index (χ1) is 18.4. The number of carbonyl (C=O) groups is 2. The molecule has 0 aliphatic carbocycles. The van der Waals surface area contributed by atoms with Crippen molar-refractivity contribution in [1.82, 2.24) is 4.90 Å². The largest absolute Gasteiger partial charge is 0.497 e. The number of nitrogens with zero attached hydrogens (tertiary/aromatic N) is 1. The minimum Gasteiger partial charge on any atom is -0.497 e. The summed E-state index contributed by atoms with van der Waals surface area (Å²) in [5.74, 6) is 2.16. The Balaban J connectivity index is 1.28. The van der Waals surface area contributed by atoms with Crippen LogP contribution in [0.1, 0.15) is 80.3 Å². The first-order valence-electron chi connectivity index (χ1n) is 13.9. The summed E-state index contributed by atoms with van der Waals surface area (Å²) in [4.78, 5) is 27.8. The molecule has 0 saturated carbocycles. The number of benzene rings is 2. The number of hydrogen-bond acceptors (Lipinski definition) is 7. The van der Waals surface area contributed by atoms with E-state index in [4.69, 9.17) is 14.2 Å². The average molecular weight is 524 g/mol. The van der Waals surface area contributed by atoms with Crippen molar-refractivity contribution in [2.24, 2.45) is 5.92 Å². The molecular formula is C31H41NO6. The van der Waals surface area contributed by atoms with Gasteiger partial charge in [-0.15, -0.1) is 0 Å². The SMILES string of the molecule is COc1ccc(C(=O)CCCCCC(=O)C[C@H](CN2CCC[C@H]2C)[C@@H](O)c2ccc3c(c2)OCCO3)cc1. The van der Waals surface area contributed by atoms with E-state index in [0.29, 0.717) is 62.1 Å². The van der Waals surface area contributed by atoms with Gasteiger partial charge in [-0.05, 0) is 81.1 Å². The summed E-state index contributed by atoms with van der Waals surface area (Å²) in [5, 5.41) is 11.4. The number of likely N-dealkylation sites (tertiary alicyclic amines) is 1. The van der Waals surface area contributed by atoms with E-state index in [1.807, 2.05) is 18.2 Å². The molecule has 4 rings (SSSR count). The summed E-state index contributed by atoms with van der Waals surface area (Å²) in [5.41, 5.74) is 1.45. The van der Waals surface area contributed by atoms with Gasteiger partial charge in [0.2, 0.25) is 0 Å². The second kappa shape index (κ2) is 13.8. The summed E-state index contributed by atoms with van der Waals surface area (Å²) in [6, 6.07) is 13.2. The van der Waals surface area contributed by atoms with Gasteiger partial charge < -0.3 is 24.2 Å². The molecule has 2 aliphatic heterocycles. The standard InChI is InChI=1S/C31H41NO6/c1-22-7-6-16-32(22)21-25(31(35)24-12-15-29-30(20-24)38-18-17-37-29)19-26(33)8-4-3-5-9-28(34)23-10-13-27(36-2)14-11-23/h10-15,20,22,25,31,35H,3-9,16-19,21H2,1-2H3/t22-,25-,31+/m1/s1. The van der Waals surface area contributed by atoms with Crippen molar-refractivity contribution in [1.29, 1.82) is 0 Å². The Hall–Kier alpha value is -2.90. The van der Waals surface area contributed by atoms with E-state index in [0.717, 1.165) is 50.0 Å². The van der Waals surface area contributed by atoms with Gasteiger partial charge in [-0.3, -0.25) is 9.59 Å². The first-order valence-corrected chi connectivity index (χ1v) is 13.9. The van der Waals surface area contributed by atoms with Crippen molar-refractivity contribution < 1.29 is 28.9 Å². The van der Waals surface area contributed by atoms with Crippen molar-refractivity contribution in [2.75, 3.05) is 33.4 Å². The predicted molar refractivity (Wildman–Crippen MR) is 146 cm³/mol. The maximum absolute atomic E-state index is 13.0. The number of ether oxygens (including phenoxy) is 3. The third-order valence-electron chi connectivity index (χ3n) is 7.78. The highest BCUT2D eigenvalue weighted by Gasteiger charge is 2.30. The van der Waals surface area contributed by atoms with Gasteiger partial charge in [-0.1, -0.05) is 12.5 Å². The summed E-state index contributed by atoms with van der Waals surface area (Å²) in [7, 11) is 1.60. The van der Waals surface area contributed by atoms with Crippen LogP contribution in [0.3, 0.4) is 0 Å². The summed E-state index contributed by atoms with van der Waals surface area (Å²) < 4.78 is 16.5. The third-order valence-corrected chi connectivity index (χ3v) is 7.78. The third kappa shape index (κ3) is 7.58. The molecule has 0 bridgehead atoms. The highest BCUT2D eigenvalue weighted by atomic mass is 16.6. The smallest absolute Gasteiger partial charge is 0.162 e. The van der Waals surface area contributed by atoms with Crippen LogP contribution in [0.15, 0.2) is 42.5 Å². The van der Waals surface area contributed by atoms with Crippen LogP contribution in [0.5, 0.6) is 17.2 Å². The van der Waals surface area contributed by atoms with E-state index in [2.05, 4.69) is 11.8 Å². The number of Topliss-reactive ketones (excluding diaryl/α,β-unsaturated/α-hetero) is 2. The molecule has 2 aliphatic rings. The maximum Gasteiger partial charge on any atom is 0.162 e. The van der Waals surface area contributed by atoms with Gasteiger partial charge in [0.15, 0.2) is 17.3 Å². The van der Waals surface area contributed by atoms with Gasteiger partial charge in [-0.25, -0.2) is 0 Å². The van der Waals surface area contributed by atoms with Gasteiger partial charge in [0, 0.05) is 43.3 Å². The second-order valence-electron chi connectivity index (χ2n) is 10.5. The molecule has 0 aromatic heterocycles. The molecule has 1 fully saturated rings. The van der Waals surface area contributed by atoms with E-state index < -0.39 is 6.10 Å². The van der Waals surface area contributed by atoms with Gasteiger partial charge in [0.1, 0.15) is 24.7 Å². The van der Waals surface area contributed by atoms with Crippen molar-refractivity contribution >= 4 is 11.6 Å². The Kier molecular flexibility index (Phi) is 10.2. The number of carbonyl (C=O) groups excluding carboxylic acids is 2. The molecule has 0 amide bonds. The Morgan fingerprint density at radius 2 is 1.76 bits per heavy atom. The number of ketones is 2. The Labute approximate surface area is 226 Å². The highest BCUT2D eigenvalue weighted by Crippen LogP contribution is 2.36. The van der Waals surface area contributed by atoms with Crippen LogP contribution in [0, 0.1) is 5.92 Å². The van der Waals surface area contributed by atoms with Crippen LogP contribution in [-0.2, 0) is 4.79 Å². The Morgan fingerprint density at radius 3 is 2.47 bits per heavy atom. The summed E-state index contributed by atoms with van der Waals surface area (Å²) in [6.07, 6.45) is 5.15. The zero-order valence-corrected chi connectivity index (χ0v) is 22.7. The van der Waals surface area contributed by atoms with E-state index in [-0.39, 0.29) is 17.5 Å². The zero-order valence-electron chi connectivity index (χ0n) is 22.7. The number of unbranched alkanes of at least 4 members (excludes halogenated alkanes) is 2. The minimum absolute atomic E-state index is 0.112. The molecule has 2 aromatic carbocycles. The quantitative estimate of drug-likeness (QED) is 0.262. The molecule has 0 unspecified atom stereocenters. The fourth-order valence-corrected chi connectivity index (χ4v) is 5.46. The first kappa shape index (κ1) is 28.1. The maximum atomic E-state index is 13.0. The van der Waals surface area contributed by atoms with Crippen molar-refractivity contribution in [2.45, 2.75) is 70.4 Å². The molecule has 7 heteroatoms. The van der Waals surface area contributed by atoms with Crippen LogP contribution in [-0.4, -0.2) is 61.0 Å². The van der Waals surface area contributed by atoms with Crippen molar-refractivity contribution in [3.05, 3.63) is 53.6 Å². The van der Waals surface area contributed by atoms with Crippen LogP contribution in [0.2, 0.25) is 0 Å². The van der Waals surface area contributed by atoms with Crippen LogP contribution in [0.25, 0.3) is 0 Å². The Morgan fingerprint density at radius 1 is 1.03 bits per heavy atom. The van der Waals surface area contributed by atoms with Crippen molar-refractivity contribution in [3.63, 3.8) is 0 Å². The van der Waals surface area contributed by atoms with Gasteiger partial charge in [-0.2, -0.15) is 0 Å². The fraction of sp³-hybridized carbons (Fsp3) is 0.548. The lowest BCUT2D eigenvalue weighted by molar-refractivity contribution is -0.121. The molecule has 1 N–H and O–H groups in total. The number of aliphatic hydroxyl groups is 1. The lowest BCUT2D eigenvalue weighted by atomic mass is 9.89. The summed E-state index contributed by atoms with van der Waals surface area (Å²) in [6.45, 7) is 4.93. The number of hydrogen-bond donors (Lipinski definition) is 1. The average Bonchev–Trinajstić information content (AvgIpc) is 3.35. The molecule has 3 atom stereocenters. The second-order valence-corrected chi connectivity index (χ2v) is 10.5. The summed E-state index contributed by atoms with van der Waals surface area (Å²) >= 11 is 0. The number of fused-ring (bicyclic) bond motifs is 1. The molecule has 38 heavy (non-hydrogen) atoms. The van der Waals surface area contributed by atoms with E-state index >= 15 is 0 Å². The van der Waals surface area contributed by atoms with E-state index in [9.17, 15) is 14.7 Å². The van der Waals surface area contributed by atoms with E-state index in [1.54, 1.807) is 31.4 Å². The molecule has 206 valence electrons. The van der Waals surface area contributed by atoms with Gasteiger partial charge in [0.25, 0.3) is 0 Å². The zero-order chi connectivity index (χ0) is 26.9. The molecule has 0 spiro atoms. The van der Waals surface area contributed by atoms with Crippen LogP contribution < -0.4 is 14.2 Å². The minimum atomic E-state index is -0.760. The molecule has 2 heterocycles. The lowest BCUT2D eigenvalue weighted by Crippen LogP contribution is -2.35. The van der Waals surface area contributed by atoms with Gasteiger partial charge >= 0.3 is 0 Å². The molecule has 7 nitrogen and oxygen atoms in total. The topological polar surface area (TPSA) is 85.3 Å². The predicted octanol–water partition coefficient (Wildman–Crippen LogP) is 5.39. The molecule has 0 radical (unpaired) electrons. The van der Waals surface area contributed by atoms with E-state index in [1.165, 1.54) is 0 Å². The lowest BCUT2D eigenvalue weighted by Gasteiger charge is -2.30. The number of methoxy groups -OCH3 is 1. The molecular weight excluding hydrogens is 482 g/mol. The Bertz CT molecular complexity index is 1070. The van der Waals surface area contributed by atoms with Gasteiger partial charge in [0.05, 0.1) is 13.2 Å². The highest BCUT2D eigenvalue weighted by molar-refractivity contribution is 5.96. The normalized spacial score (nSPS) is 18.7. The number of rotatable bonds is 14.